The third kappa shape index (κ3) is 2.04. The summed E-state index contributed by atoms with van der Waals surface area (Å²) in [4.78, 5) is 0. The van der Waals surface area contributed by atoms with Gasteiger partial charge in [0.25, 0.3) is 0 Å². The molecule has 0 spiro atoms. The molecule has 0 saturated heterocycles. The molecule has 0 unspecified atom stereocenters. The molecule has 0 heterocycles. The van der Waals surface area contributed by atoms with Crippen LogP contribution in [0.2, 0.25) is 0 Å². The first kappa shape index (κ1) is 9.66. The van der Waals surface area contributed by atoms with Crippen molar-refractivity contribution in [3.63, 3.8) is 0 Å². The van der Waals surface area contributed by atoms with Crippen LogP contribution in [0.4, 0.5) is 0 Å². The van der Waals surface area contributed by atoms with E-state index in [0.29, 0.717) is 0 Å². The van der Waals surface area contributed by atoms with Crippen LogP contribution < -0.4 is 0 Å². The molecular weight excluding hydrogens is 164 g/mol. The number of hydrogen-bond acceptors (Lipinski definition) is 1. The molecular formula is C11H16S. The summed E-state index contributed by atoms with van der Waals surface area (Å²) in [5.41, 5.74) is 4.28. The van der Waals surface area contributed by atoms with E-state index in [0.717, 1.165) is 18.6 Å². The van der Waals surface area contributed by atoms with Gasteiger partial charge >= 0.3 is 0 Å². The Labute approximate surface area is 80.4 Å². The van der Waals surface area contributed by atoms with E-state index in [2.05, 4.69) is 44.7 Å². The van der Waals surface area contributed by atoms with Crippen LogP contribution in [0.5, 0.6) is 0 Å². The smallest absolute Gasteiger partial charge is 0.0154 e. The molecule has 12 heavy (non-hydrogen) atoms. The van der Waals surface area contributed by atoms with Gasteiger partial charge in [-0.15, -0.1) is 0 Å². The van der Waals surface area contributed by atoms with Gasteiger partial charge in [-0.3, -0.25) is 0 Å². The second-order valence-corrected chi connectivity index (χ2v) is 3.28. The second-order valence-electron chi connectivity index (χ2n) is 2.97. The Bertz CT molecular complexity index is 253. The van der Waals surface area contributed by atoms with Crippen molar-refractivity contribution in [3.05, 3.63) is 34.9 Å². The topological polar surface area (TPSA) is 0 Å². The maximum atomic E-state index is 4.26. The van der Waals surface area contributed by atoms with E-state index in [1.54, 1.807) is 0 Å². The minimum atomic E-state index is 0.844. The first-order chi connectivity index (χ1) is 5.81. The molecule has 1 aromatic rings. The van der Waals surface area contributed by atoms with E-state index in [4.69, 9.17) is 0 Å². The molecule has 0 saturated carbocycles. The third-order valence-electron chi connectivity index (χ3n) is 2.22. The lowest BCUT2D eigenvalue weighted by Gasteiger charge is -2.06. The van der Waals surface area contributed by atoms with Gasteiger partial charge in [0.05, 0.1) is 0 Å². The summed E-state index contributed by atoms with van der Waals surface area (Å²) in [5.74, 6) is 0.844. The predicted octanol–water partition coefficient (Wildman–Crippen LogP) is 3.24. The zero-order valence-corrected chi connectivity index (χ0v) is 8.70. The third-order valence-corrected chi connectivity index (χ3v) is 2.58. The van der Waals surface area contributed by atoms with Crippen molar-refractivity contribution in [2.75, 3.05) is 0 Å². The van der Waals surface area contributed by atoms with Crippen molar-refractivity contribution in [3.8, 4) is 0 Å². The van der Waals surface area contributed by atoms with E-state index in [1.165, 1.54) is 16.7 Å². The first-order valence-corrected chi connectivity index (χ1v) is 5.16. The lowest BCUT2D eigenvalue weighted by atomic mass is 10.0. The Morgan fingerprint density at radius 1 is 1.08 bits per heavy atom. The summed E-state index contributed by atoms with van der Waals surface area (Å²) in [6, 6.07) is 6.67. The number of thiol groups is 1. The highest BCUT2D eigenvalue weighted by atomic mass is 32.1. The van der Waals surface area contributed by atoms with Crippen LogP contribution in [0, 0.1) is 0 Å². The minimum Gasteiger partial charge on any atom is -0.175 e. The van der Waals surface area contributed by atoms with E-state index in [9.17, 15) is 0 Å². The molecule has 66 valence electrons. The Kier molecular flexibility index (Phi) is 3.67. The molecule has 0 atom stereocenters. The van der Waals surface area contributed by atoms with Crippen molar-refractivity contribution < 1.29 is 0 Å². The summed E-state index contributed by atoms with van der Waals surface area (Å²) < 4.78 is 0. The highest BCUT2D eigenvalue weighted by molar-refractivity contribution is 7.79. The summed E-state index contributed by atoms with van der Waals surface area (Å²) in [5, 5.41) is 0. The maximum absolute atomic E-state index is 4.26. The Morgan fingerprint density at radius 2 is 1.75 bits per heavy atom. The average Bonchev–Trinajstić information content (AvgIpc) is 2.16. The standard InChI is InChI=1S/C11H16S/c1-3-10-6-5-9(8-12)7-11(10)4-2/h5-7,12H,3-4,8H2,1-2H3. The highest BCUT2D eigenvalue weighted by Gasteiger charge is 1.98. The van der Waals surface area contributed by atoms with Crippen LogP contribution in [0.25, 0.3) is 0 Å². The summed E-state index contributed by atoms with van der Waals surface area (Å²) in [7, 11) is 0. The maximum Gasteiger partial charge on any atom is 0.0154 e. The molecule has 0 aliphatic carbocycles. The predicted molar refractivity (Wildman–Crippen MR) is 57.9 cm³/mol. The SMILES string of the molecule is CCc1ccc(CS)cc1CC. The normalized spacial score (nSPS) is 10.2. The van der Waals surface area contributed by atoms with Gasteiger partial charge in [0.2, 0.25) is 0 Å². The van der Waals surface area contributed by atoms with Crippen LogP contribution in [0.15, 0.2) is 18.2 Å². The Hall–Kier alpha value is -0.430. The number of benzene rings is 1. The molecule has 0 nitrogen and oxygen atoms in total. The molecule has 1 heteroatoms. The molecule has 0 aliphatic heterocycles. The fraction of sp³-hybridized carbons (Fsp3) is 0.455. The van der Waals surface area contributed by atoms with E-state index < -0.39 is 0 Å². The summed E-state index contributed by atoms with van der Waals surface area (Å²) >= 11 is 4.26. The van der Waals surface area contributed by atoms with Crippen molar-refractivity contribution in [2.24, 2.45) is 0 Å². The van der Waals surface area contributed by atoms with Crippen LogP contribution >= 0.6 is 12.6 Å². The molecule has 0 aliphatic rings. The van der Waals surface area contributed by atoms with Gasteiger partial charge in [-0.05, 0) is 29.5 Å². The number of aryl methyl sites for hydroxylation is 2. The van der Waals surface area contributed by atoms with Gasteiger partial charge in [0.1, 0.15) is 0 Å². The Balaban J connectivity index is 3.02. The van der Waals surface area contributed by atoms with Gasteiger partial charge in [-0.25, -0.2) is 0 Å². The van der Waals surface area contributed by atoms with Crippen LogP contribution in [0.3, 0.4) is 0 Å². The van der Waals surface area contributed by atoms with Gasteiger partial charge in [0.15, 0.2) is 0 Å². The molecule has 0 aromatic heterocycles. The Morgan fingerprint density at radius 3 is 2.25 bits per heavy atom. The van der Waals surface area contributed by atoms with Crippen molar-refractivity contribution >= 4 is 12.6 Å². The lowest BCUT2D eigenvalue weighted by molar-refractivity contribution is 1.03. The zero-order valence-electron chi connectivity index (χ0n) is 7.80. The van der Waals surface area contributed by atoms with Crippen LogP contribution in [-0.4, -0.2) is 0 Å². The largest absolute Gasteiger partial charge is 0.175 e. The number of hydrogen-bond donors (Lipinski definition) is 1. The van der Waals surface area contributed by atoms with E-state index in [-0.39, 0.29) is 0 Å². The molecule has 0 amide bonds. The van der Waals surface area contributed by atoms with Gasteiger partial charge < -0.3 is 0 Å². The van der Waals surface area contributed by atoms with Crippen LogP contribution in [0.1, 0.15) is 30.5 Å². The molecule has 0 fully saturated rings. The number of rotatable bonds is 3. The molecule has 1 rings (SSSR count). The van der Waals surface area contributed by atoms with Crippen molar-refractivity contribution in [2.45, 2.75) is 32.4 Å². The van der Waals surface area contributed by atoms with Gasteiger partial charge in [0, 0.05) is 5.75 Å². The van der Waals surface area contributed by atoms with Crippen molar-refractivity contribution in [1.29, 1.82) is 0 Å². The molecule has 1 aromatic carbocycles. The van der Waals surface area contributed by atoms with E-state index >= 15 is 0 Å². The monoisotopic (exact) mass is 180 g/mol. The highest BCUT2D eigenvalue weighted by Crippen LogP contribution is 2.14. The van der Waals surface area contributed by atoms with Crippen molar-refractivity contribution in [1.82, 2.24) is 0 Å². The molecule has 0 N–H and O–H groups in total. The van der Waals surface area contributed by atoms with Crippen LogP contribution in [-0.2, 0) is 18.6 Å². The fourth-order valence-corrected chi connectivity index (χ4v) is 1.65. The fourth-order valence-electron chi connectivity index (χ4n) is 1.45. The average molecular weight is 180 g/mol. The minimum absolute atomic E-state index is 0.844. The van der Waals surface area contributed by atoms with Gasteiger partial charge in [-0.1, -0.05) is 32.0 Å². The first-order valence-electron chi connectivity index (χ1n) is 4.53. The molecule has 0 bridgehead atoms. The lowest BCUT2D eigenvalue weighted by Crippen LogP contribution is -1.92. The molecule has 0 radical (unpaired) electrons. The van der Waals surface area contributed by atoms with E-state index in [1.807, 2.05) is 0 Å². The zero-order chi connectivity index (χ0) is 8.97. The summed E-state index contributed by atoms with van der Waals surface area (Å²) in [6.45, 7) is 4.41. The second kappa shape index (κ2) is 4.56. The quantitative estimate of drug-likeness (QED) is 0.678. The van der Waals surface area contributed by atoms with Gasteiger partial charge in [-0.2, -0.15) is 12.6 Å². The summed E-state index contributed by atoms with van der Waals surface area (Å²) in [6.07, 6.45) is 2.26.